The van der Waals surface area contributed by atoms with E-state index in [4.69, 9.17) is 13.6 Å². The van der Waals surface area contributed by atoms with E-state index < -0.39 is 7.82 Å². The van der Waals surface area contributed by atoms with E-state index in [0.29, 0.717) is 0 Å². The minimum absolute atomic E-state index is 0.0967. The van der Waals surface area contributed by atoms with Crippen molar-refractivity contribution in [2.75, 3.05) is 0 Å². The topological polar surface area (TPSA) is 44.8 Å². The zero-order valence-electron chi connectivity index (χ0n) is 18.0. The Kier molecular flexibility index (Phi) is 8.55. The second-order valence-electron chi connectivity index (χ2n) is 7.10. The van der Waals surface area contributed by atoms with E-state index in [9.17, 15) is 4.57 Å². The van der Waals surface area contributed by atoms with E-state index in [1.807, 2.05) is 72.8 Å². The van der Waals surface area contributed by atoms with Gasteiger partial charge in [-0.3, -0.25) is 13.6 Å². The van der Waals surface area contributed by atoms with Gasteiger partial charge in [0.05, 0.1) is 19.8 Å². The summed E-state index contributed by atoms with van der Waals surface area (Å²) in [7, 11) is -3.83. The summed E-state index contributed by atoms with van der Waals surface area (Å²) >= 11 is 0. The Bertz CT molecular complexity index is 943. The SMILES string of the molecule is C=Cc1ccc(COP(=O)(OCc2ccc(C=C)cc2)OCc2ccc(C=C)cc2)cc1. The fourth-order valence-electron chi connectivity index (χ4n) is 2.82. The number of phosphoric ester groups is 1. The molecule has 0 unspecified atom stereocenters. The maximum atomic E-state index is 13.4. The molecule has 0 heterocycles. The highest BCUT2D eigenvalue weighted by molar-refractivity contribution is 7.48. The number of hydrogen-bond donors (Lipinski definition) is 0. The Morgan fingerprint density at radius 1 is 0.531 bits per heavy atom. The van der Waals surface area contributed by atoms with Gasteiger partial charge in [0.25, 0.3) is 0 Å². The molecule has 0 fully saturated rings. The number of phosphoric acid groups is 1. The second-order valence-corrected chi connectivity index (χ2v) is 8.77. The summed E-state index contributed by atoms with van der Waals surface area (Å²) in [6.07, 6.45) is 5.28. The lowest BCUT2D eigenvalue weighted by Gasteiger charge is -2.18. The zero-order chi connectivity index (χ0) is 22.8. The van der Waals surface area contributed by atoms with Gasteiger partial charge in [0.15, 0.2) is 0 Å². The van der Waals surface area contributed by atoms with E-state index in [-0.39, 0.29) is 19.8 Å². The Morgan fingerprint density at radius 2 is 0.781 bits per heavy atom. The molecule has 0 aliphatic carbocycles. The van der Waals surface area contributed by atoms with E-state index in [1.165, 1.54) is 0 Å². The Hall–Kier alpha value is -3.01. The summed E-state index contributed by atoms with van der Waals surface area (Å²) in [5, 5.41) is 0. The van der Waals surface area contributed by atoms with E-state index in [1.54, 1.807) is 18.2 Å². The first-order chi connectivity index (χ1) is 15.5. The molecule has 32 heavy (non-hydrogen) atoms. The van der Waals surface area contributed by atoms with Gasteiger partial charge < -0.3 is 0 Å². The van der Waals surface area contributed by atoms with Crippen molar-refractivity contribution in [3.63, 3.8) is 0 Å². The molecule has 0 saturated heterocycles. The summed E-state index contributed by atoms with van der Waals surface area (Å²) in [5.74, 6) is 0. The lowest BCUT2D eigenvalue weighted by atomic mass is 10.1. The minimum atomic E-state index is -3.83. The summed E-state index contributed by atoms with van der Waals surface area (Å²) in [4.78, 5) is 0. The van der Waals surface area contributed by atoms with Crippen LogP contribution in [0.3, 0.4) is 0 Å². The van der Waals surface area contributed by atoms with Crippen LogP contribution in [0.25, 0.3) is 18.2 Å². The summed E-state index contributed by atoms with van der Waals surface area (Å²) in [6, 6.07) is 22.9. The van der Waals surface area contributed by atoms with Crippen LogP contribution in [-0.4, -0.2) is 0 Å². The number of benzene rings is 3. The van der Waals surface area contributed by atoms with Gasteiger partial charge in [-0.25, -0.2) is 4.57 Å². The van der Waals surface area contributed by atoms with Crippen LogP contribution in [-0.2, 0) is 38.0 Å². The third-order valence-electron chi connectivity index (χ3n) is 4.81. The molecule has 0 saturated carbocycles. The molecule has 3 aromatic carbocycles. The van der Waals surface area contributed by atoms with Crippen molar-refractivity contribution in [1.29, 1.82) is 0 Å². The van der Waals surface area contributed by atoms with E-state index in [2.05, 4.69) is 19.7 Å². The maximum absolute atomic E-state index is 13.4. The molecular weight excluding hydrogens is 419 g/mol. The first kappa shape index (κ1) is 23.6. The number of hydrogen-bond acceptors (Lipinski definition) is 4. The summed E-state index contributed by atoms with van der Waals surface area (Å²) in [6.45, 7) is 11.5. The molecule has 0 N–H and O–H groups in total. The van der Waals surface area contributed by atoms with Crippen molar-refractivity contribution >= 4 is 26.1 Å². The van der Waals surface area contributed by atoms with Gasteiger partial charge in [0.2, 0.25) is 0 Å². The van der Waals surface area contributed by atoms with Crippen LogP contribution < -0.4 is 0 Å². The van der Waals surface area contributed by atoms with Crippen LogP contribution in [0.1, 0.15) is 33.4 Å². The lowest BCUT2D eigenvalue weighted by molar-refractivity contribution is 0.0978. The average Bonchev–Trinajstić information content (AvgIpc) is 2.86. The third-order valence-corrected chi connectivity index (χ3v) is 6.15. The fraction of sp³-hybridized carbons (Fsp3) is 0.111. The average molecular weight is 446 g/mol. The minimum Gasteiger partial charge on any atom is -0.282 e. The van der Waals surface area contributed by atoms with Crippen molar-refractivity contribution in [2.24, 2.45) is 0 Å². The molecule has 4 nitrogen and oxygen atoms in total. The van der Waals surface area contributed by atoms with Crippen LogP contribution in [0.15, 0.2) is 92.5 Å². The van der Waals surface area contributed by atoms with Gasteiger partial charge in [-0.1, -0.05) is 111 Å². The van der Waals surface area contributed by atoms with E-state index >= 15 is 0 Å². The molecule has 3 aromatic rings. The predicted molar refractivity (Wildman–Crippen MR) is 132 cm³/mol. The maximum Gasteiger partial charge on any atom is 0.475 e. The first-order valence-electron chi connectivity index (χ1n) is 10.2. The van der Waals surface area contributed by atoms with Crippen molar-refractivity contribution in [3.8, 4) is 0 Å². The summed E-state index contributed by atoms with van der Waals surface area (Å²) in [5.41, 5.74) is 5.55. The molecule has 0 amide bonds. The molecular formula is C27H27O4P. The monoisotopic (exact) mass is 446 g/mol. The van der Waals surface area contributed by atoms with Crippen LogP contribution >= 0.6 is 7.82 Å². The molecule has 3 rings (SSSR count). The highest BCUT2D eigenvalue weighted by Crippen LogP contribution is 2.51. The molecule has 0 radical (unpaired) electrons. The van der Waals surface area contributed by atoms with Crippen molar-refractivity contribution in [3.05, 3.63) is 126 Å². The van der Waals surface area contributed by atoms with Gasteiger partial charge in [-0.05, 0) is 33.4 Å². The Morgan fingerprint density at radius 3 is 1.00 bits per heavy atom. The smallest absolute Gasteiger partial charge is 0.282 e. The predicted octanol–water partition coefficient (Wildman–Crippen LogP) is 7.67. The summed E-state index contributed by atoms with van der Waals surface area (Å²) < 4.78 is 30.4. The van der Waals surface area contributed by atoms with Gasteiger partial charge in [-0.2, -0.15) is 0 Å². The number of rotatable bonds is 12. The Balaban J connectivity index is 1.69. The Labute approximate surface area is 190 Å². The van der Waals surface area contributed by atoms with Gasteiger partial charge in [0, 0.05) is 0 Å². The second kappa shape index (κ2) is 11.6. The van der Waals surface area contributed by atoms with Crippen LogP contribution in [0.5, 0.6) is 0 Å². The van der Waals surface area contributed by atoms with Gasteiger partial charge >= 0.3 is 7.82 Å². The quantitative estimate of drug-likeness (QED) is 0.268. The van der Waals surface area contributed by atoms with Crippen LogP contribution in [0.2, 0.25) is 0 Å². The van der Waals surface area contributed by atoms with Crippen molar-refractivity contribution in [2.45, 2.75) is 19.8 Å². The molecule has 5 heteroatoms. The normalized spacial score (nSPS) is 11.1. The van der Waals surface area contributed by atoms with Gasteiger partial charge in [0.1, 0.15) is 0 Å². The first-order valence-corrected chi connectivity index (χ1v) is 11.7. The third kappa shape index (κ3) is 7.01. The largest absolute Gasteiger partial charge is 0.475 e. The molecule has 0 aliphatic rings. The zero-order valence-corrected chi connectivity index (χ0v) is 18.9. The molecule has 0 aromatic heterocycles. The lowest BCUT2D eigenvalue weighted by Crippen LogP contribution is -2.02. The van der Waals surface area contributed by atoms with Gasteiger partial charge in [-0.15, -0.1) is 0 Å². The van der Waals surface area contributed by atoms with Crippen LogP contribution in [0, 0.1) is 0 Å². The highest BCUT2D eigenvalue weighted by Gasteiger charge is 2.27. The van der Waals surface area contributed by atoms with E-state index in [0.717, 1.165) is 33.4 Å². The molecule has 0 atom stereocenters. The van der Waals surface area contributed by atoms with Crippen molar-refractivity contribution < 1.29 is 18.1 Å². The molecule has 164 valence electrons. The molecule has 0 spiro atoms. The fourth-order valence-corrected chi connectivity index (χ4v) is 3.97. The molecule has 0 aliphatic heterocycles. The van der Waals surface area contributed by atoms with Crippen LogP contribution in [0.4, 0.5) is 0 Å². The standard InChI is InChI=1S/C27H27O4P/c1-4-22-7-13-25(14-8-22)19-29-32(28,30-20-26-15-9-23(5-2)10-16-26)31-21-27-17-11-24(6-3)12-18-27/h4-18H,1-3,19-21H2. The highest BCUT2D eigenvalue weighted by atomic mass is 31.2. The molecule has 0 bridgehead atoms. The van der Waals surface area contributed by atoms with Crippen molar-refractivity contribution in [1.82, 2.24) is 0 Å².